The first kappa shape index (κ1) is 31.2. The highest BCUT2D eigenvalue weighted by Gasteiger charge is 2.31. The molecule has 0 amide bonds. The normalized spacial score (nSPS) is 17.4. The van der Waals surface area contributed by atoms with Crippen LogP contribution in [0.15, 0.2) is 24.3 Å². The van der Waals surface area contributed by atoms with Gasteiger partial charge in [-0.2, -0.15) is 26.3 Å². The third kappa shape index (κ3) is 15.7. The van der Waals surface area contributed by atoms with Gasteiger partial charge in [0.25, 0.3) is 5.97 Å². The highest BCUT2D eigenvalue weighted by Crippen LogP contribution is 2.34. The lowest BCUT2D eigenvalue weighted by atomic mass is 9.94. The number of aliphatic carboxylic acids is 1. The fraction of sp³-hybridized carbons (Fsp3) is 0.708. The Morgan fingerprint density at radius 1 is 1.03 bits per heavy atom. The number of halogens is 6. The second-order valence-corrected chi connectivity index (χ2v) is 9.32. The monoisotopic (exact) mass is 485 g/mol. The Morgan fingerprint density at radius 2 is 1.52 bits per heavy atom. The Morgan fingerprint density at radius 3 is 1.91 bits per heavy atom. The zero-order valence-electron chi connectivity index (χ0n) is 20.1. The molecule has 192 valence electrons. The predicted molar refractivity (Wildman–Crippen MR) is 118 cm³/mol. The molecule has 1 heterocycles. The van der Waals surface area contributed by atoms with E-state index in [1.54, 1.807) is 0 Å². The van der Waals surface area contributed by atoms with E-state index in [4.69, 9.17) is 9.90 Å². The summed E-state index contributed by atoms with van der Waals surface area (Å²) in [5.74, 6) is -0.833. The Hall–Kier alpha value is -1.77. The van der Waals surface area contributed by atoms with E-state index in [9.17, 15) is 26.3 Å². The van der Waals surface area contributed by atoms with Crippen LogP contribution in [-0.4, -0.2) is 35.2 Å². The molecule has 0 saturated carbocycles. The molecule has 1 atom stereocenters. The number of hydrogen-bond donors (Lipinski definition) is 1. The van der Waals surface area contributed by atoms with E-state index in [0.29, 0.717) is 18.5 Å². The number of likely N-dealkylation sites (tertiary alicyclic amines) is 1. The van der Waals surface area contributed by atoms with Gasteiger partial charge < -0.3 is 5.11 Å². The Kier molecular flexibility index (Phi) is 13.1. The minimum absolute atomic E-state index is 0.0145. The lowest BCUT2D eigenvalue weighted by Gasteiger charge is -2.36. The molecule has 0 bridgehead atoms. The van der Waals surface area contributed by atoms with Crippen molar-refractivity contribution in [2.24, 2.45) is 5.41 Å². The number of benzene rings is 1. The summed E-state index contributed by atoms with van der Waals surface area (Å²) >= 11 is 0. The molecule has 0 aliphatic carbocycles. The molecule has 0 radical (unpaired) electrons. The standard InChI is InChI=1S/C16H19F6N.C6H14.C2H4O2/c17-15(18,19)9-3-11-23-10-2-1-4-14(23)12-5-7-13(8-6-12)16(20,21)22;1-5-6(2,3)4;1-2(3)4/h5-8,14H,1-4,9-11H2;5H2,1-4H3;1H3,(H,3,4)/t14-;;/m0../s1. The number of rotatable bonds is 4. The van der Waals surface area contributed by atoms with Gasteiger partial charge >= 0.3 is 12.4 Å². The van der Waals surface area contributed by atoms with Crippen molar-refractivity contribution in [1.29, 1.82) is 0 Å². The summed E-state index contributed by atoms with van der Waals surface area (Å²) in [6, 6.07) is 4.86. The summed E-state index contributed by atoms with van der Waals surface area (Å²) < 4.78 is 74.6. The second kappa shape index (κ2) is 13.8. The SMILES string of the molecule is CC(=O)O.CCC(C)(C)C.FC(F)(F)CCCN1CCCC[C@H]1c1ccc(C(F)(F)F)cc1. The Labute approximate surface area is 193 Å². The lowest BCUT2D eigenvalue weighted by molar-refractivity contribution is -0.138. The third-order valence-electron chi connectivity index (χ3n) is 5.20. The van der Waals surface area contributed by atoms with Crippen LogP contribution in [0.25, 0.3) is 0 Å². The quantitative estimate of drug-likeness (QED) is 0.438. The van der Waals surface area contributed by atoms with Crippen molar-refractivity contribution in [3.8, 4) is 0 Å². The van der Waals surface area contributed by atoms with Crippen LogP contribution in [0.1, 0.15) is 90.3 Å². The fourth-order valence-electron chi connectivity index (χ4n) is 3.01. The number of carboxylic acid groups (broad SMARTS) is 1. The molecule has 2 rings (SSSR count). The van der Waals surface area contributed by atoms with Gasteiger partial charge in [0, 0.05) is 19.4 Å². The van der Waals surface area contributed by atoms with Gasteiger partial charge in [0.15, 0.2) is 0 Å². The molecular weight excluding hydrogens is 448 g/mol. The molecule has 0 unspecified atom stereocenters. The molecular formula is C24H37F6NO2. The number of piperidine rings is 1. The number of carboxylic acids is 1. The zero-order chi connectivity index (χ0) is 25.9. The topological polar surface area (TPSA) is 40.5 Å². The average Bonchev–Trinajstić information content (AvgIpc) is 2.66. The van der Waals surface area contributed by atoms with Crippen molar-refractivity contribution < 1.29 is 36.2 Å². The highest BCUT2D eigenvalue weighted by molar-refractivity contribution is 5.62. The molecule has 33 heavy (non-hydrogen) atoms. The first-order valence-electron chi connectivity index (χ1n) is 11.1. The van der Waals surface area contributed by atoms with Gasteiger partial charge in [-0.05, 0) is 55.5 Å². The van der Waals surface area contributed by atoms with Gasteiger partial charge in [-0.1, -0.05) is 52.7 Å². The van der Waals surface area contributed by atoms with Crippen LogP contribution >= 0.6 is 0 Å². The van der Waals surface area contributed by atoms with E-state index in [1.807, 2.05) is 4.90 Å². The molecule has 1 aromatic carbocycles. The van der Waals surface area contributed by atoms with Crippen molar-refractivity contribution in [3.05, 3.63) is 35.4 Å². The first-order chi connectivity index (χ1) is 15.0. The van der Waals surface area contributed by atoms with Crippen LogP contribution in [0.5, 0.6) is 0 Å². The second-order valence-electron chi connectivity index (χ2n) is 9.32. The molecule has 3 nitrogen and oxygen atoms in total. The Bertz CT molecular complexity index is 674. The van der Waals surface area contributed by atoms with Gasteiger partial charge in [0.2, 0.25) is 0 Å². The van der Waals surface area contributed by atoms with E-state index in [-0.39, 0.29) is 12.5 Å². The van der Waals surface area contributed by atoms with Crippen molar-refractivity contribution >= 4 is 5.97 Å². The highest BCUT2D eigenvalue weighted by atomic mass is 19.4. The molecule has 1 aliphatic rings. The van der Waals surface area contributed by atoms with Crippen LogP contribution in [-0.2, 0) is 11.0 Å². The third-order valence-corrected chi connectivity index (χ3v) is 5.20. The molecule has 1 saturated heterocycles. The first-order valence-corrected chi connectivity index (χ1v) is 11.1. The minimum Gasteiger partial charge on any atom is -0.481 e. The summed E-state index contributed by atoms with van der Waals surface area (Å²) in [4.78, 5) is 11.0. The lowest BCUT2D eigenvalue weighted by Crippen LogP contribution is -2.34. The largest absolute Gasteiger partial charge is 0.481 e. The van der Waals surface area contributed by atoms with Gasteiger partial charge in [0.1, 0.15) is 0 Å². The van der Waals surface area contributed by atoms with E-state index in [0.717, 1.165) is 43.9 Å². The van der Waals surface area contributed by atoms with E-state index < -0.39 is 30.3 Å². The fourth-order valence-corrected chi connectivity index (χ4v) is 3.01. The maximum atomic E-state index is 12.6. The molecule has 9 heteroatoms. The van der Waals surface area contributed by atoms with Crippen LogP contribution < -0.4 is 0 Å². The molecule has 0 spiro atoms. The zero-order valence-corrected chi connectivity index (χ0v) is 20.1. The summed E-state index contributed by atoms with van der Waals surface area (Å²) in [5.41, 5.74) is 0.574. The predicted octanol–water partition coefficient (Wildman–Crippen LogP) is 8.11. The van der Waals surface area contributed by atoms with Crippen molar-refractivity contribution in [2.45, 2.75) is 91.5 Å². The van der Waals surface area contributed by atoms with Crippen LogP contribution in [0.3, 0.4) is 0 Å². The van der Waals surface area contributed by atoms with Crippen molar-refractivity contribution in [3.63, 3.8) is 0 Å². The minimum atomic E-state index is -4.38. The smallest absolute Gasteiger partial charge is 0.416 e. The van der Waals surface area contributed by atoms with Gasteiger partial charge in [-0.3, -0.25) is 9.69 Å². The number of nitrogens with zero attached hydrogens (tertiary/aromatic N) is 1. The van der Waals surface area contributed by atoms with Gasteiger partial charge in [0.05, 0.1) is 5.56 Å². The Balaban J connectivity index is 0.000000860. The van der Waals surface area contributed by atoms with Gasteiger partial charge in [-0.15, -0.1) is 0 Å². The summed E-state index contributed by atoms with van der Waals surface area (Å²) in [5, 5.41) is 7.42. The van der Waals surface area contributed by atoms with Crippen molar-refractivity contribution in [2.75, 3.05) is 13.1 Å². The molecule has 1 fully saturated rings. The van der Waals surface area contributed by atoms with Crippen LogP contribution in [0, 0.1) is 5.41 Å². The number of hydrogen-bond acceptors (Lipinski definition) is 2. The maximum Gasteiger partial charge on any atom is 0.416 e. The summed E-state index contributed by atoms with van der Waals surface area (Å²) in [6.07, 6.45) is -5.49. The maximum absolute atomic E-state index is 12.6. The van der Waals surface area contributed by atoms with Crippen LogP contribution in [0.2, 0.25) is 0 Å². The van der Waals surface area contributed by atoms with E-state index in [1.165, 1.54) is 18.6 Å². The number of alkyl halides is 6. The van der Waals surface area contributed by atoms with Crippen molar-refractivity contribution in [1.82, 2.24) is 4.90 Å². The van der Waals surface area contributed by atoms with Gasteiger partial charge in [-0.25, -0.2) is 0 Å². The summed E-state index contributed by atoms with van der Waals surface area (Å²) in [6.45, 7) is 11.0. The number of carbonyl (C=O) groups is 1. The molecule has 1 aromatic rings. The molecule has 1 N–H and O–H groups in total. The van der Waals surface area contributed by atoms with Crippen LogP contribution in [0.4, 0.5) is 26.3 Å². The average molecular weight is 486 g/mol. The molecule has 1 aliphatic heterocycles. The van der Waals surface area contributed by atoms with E-state index in [2.05, 4.69) is 27.7 Å². The summed E-state index contributed by atoms with van der Waals surface area (Å²) in [7, 11) is 0. The molecule has 0 aromatic heterocycles. The van der Waals surface area contributed by atoms with E-state index >= 15 is 0 Å².